The van der Waals surface area contributed by atoms with E-state index in [2.05, 4.69) is 12.6 Å². The lowest BCUT2D eigenvalue weighted by molar-refractivity contribution is -0.206. The van der Waals surface area contributed by atoms with Crippen LogP contribution in [0.4, 0.5) is 0 Å². The Morgan fingerprint density at radius 2 is 0.896 bits per heavy atom. The van der Waals surface area contributed by atoms with Gasteiger partial charge in [0.1, 0.15) is 18.1 Å². The van der Waals surface area contributed by atoms with E-state index in [0.29, 0.717) is 5.56 Å². The van der Waals surface area contributed by atoms with Crippen molar-refractivity contribution in [3.63, 3.8) is 0 Å². The standard InChI is InChI=1S/C38H36O9S/c1-22-9-5-13-26(17-22)34(39)43-21-30-31(45-35(40)27-14-6-10-23(2)18-27)32(46-36(41)28-15-7-11-24(3)19-28)33(38(48)44-30)47-37(42)29-16-8-12-25(4)20-29/h5-20,30-33,38,48H,21H2,1-4H3/t30-,31-,32+,33-,38+/m1/s1. The monoisotopic (exact) mass is 668 g/mol. The van der Waals surface area contributed by atoms with Gasteiger partial charge in [-0.15, -0.1) is 12.6 Å². The highest BCUT2D eigenvalue weighted by Gasteiger charge is 2.52. The summed E-state index contributed by atoms with van der Waals surface area (Å²) in [6.45, 7) is 6.93. The van der Waals surface area contributed by atoms with Gasteiger partial charge in [-0.05, 0) is 76.2 Å². The maximum Gasteiger partial charge on any atom is 0.338 e. The van der Waals surface area contributed by atoms with E-state index in [0.717, 1.165) is 22.3 Å². The lowest BCUT2D eigenvalue weighted by Crippen LogP contribution is -2.61. The molecule has 1 fully saturated rings. The van der Waals surface area contributed by atoms with Gasteiger partial charge in [0, 0.05) is 0 Å². The summed E-state index contributed by atoms with van der Waals surface area (Å²) in [4.78, 5) is 53.6. The number of benzene rings is 4. The number of thiol groups is 1. The zero-order valence-electron chi connectivity index (χ0n) is 27.0. The van der Waals surface area contributed by atoms with Gasteiger partial charge in [-0.1, -0.05) is 70.8 Å². The van der Waals surface area contributed by atoms with Crippen molar-refractivity contribution in [2.45, 2.75) is 57.5 Å². The first-order valence-electron chi connectivity index (χ1n) is 15.4. The third kappa shape index (κ3) is 8.50. The fourth-order valence-electron chi connectivity index (χ4n) is 5.34. The molecule has 0 unspecified atom stereocenters. The molecular weight excluding hydrogens is 632 g/mol. The molecule has 48 heavy (non-hydrogen) atoms. The van der Waals surface area contributed by atoms with Gasteiger partial charge in [-0.2, -0.15) is 0 Å². The second kappa shape index (κ2) is 15.3. The molecule has 0 aliphatic carbocycles. The zero-order valence-corrected chi connectivity index (χ0v) is 27.8. The highest BCUT2D eigenvalue weighted by Crippen LogP contribution is 2.32. The molecule has 0 radical (unpaired) electrons. The quantitative estimate of drug-likeness (QED) is 0.123. The second-order valence-corrected chi connectivity index (χ2v) is 12.3. The first-order chi connectivity index (χ1) is 23.0. The minimum Gasteiger partial charge on any atom is -0.459 e. The van der Waals surface area contributed by atoms with Crippen LogP contribution in [0.3, 0.4) is 0 Å². The highest BCUT2D eigenvalue weighted by atomic mass is 32.1. The Bertz CT molecular complexity index is 1820. The molecule has 0 amide bonds. The van der Waals surface area contributed by atoms with Gasteiger partial charge < -0.3 is 23.7 Å². The minimum absolute atomic E-state index is 0.229. The lowest BCUT2D eigenvalue weighted by Gasteiger charge is -2.43. The summed E-state index contributed by atoms with van der Waals surface area (Å²) in [5.74, 6) is -2.87. The number of hydrogen-bond acceptors (Lipinski definition) is 10. The van der Waals surface area contributed by atoms with E-state index in [4.69, 9.17) is 23.7 Å². The molecule has 1 aliphatic heterocycles. The molecule has 0 saturated carbocycles. The predicted molar refractivity (Wildman–Crippen MR) is 180 cm³/mol. The number of carbonyl (C=O) groups excluding carboxylic acids is 4. The largest absolute Gasteiger partial charge is 0.459 e. The highest BCUT2D eigenvalue weighted by molar-refractivity contribution is 7.80. The van der Waals surface area contributed by atoms with Crippen molar-refractivity contribution in [2.24, 2.45) is 0 Å². The van der Waals surface area contributed by atoms with Gasteiger partial charge in [0.25, 0.3) is 0 Å². The number of esters is 4. The van der Waals surface area contributed by atoms with Gasteiger partial charge >= 0.3 is 23.9 Å². The molecule has 4 aromatic carbocycles. The van der Waals surface area contributed by atoms with Gasteiger partial charge in [0.05, 0.1) is 22.3 Å². The molecule has 0 N–H and O–H groups in total. The predicted octanol–water partition coefficient (Wildman–Crippen LogP) is 6.41. The normalized spacial score (nSPS) is 20.3. The Morgan fingerprint density at radius 3 is 1.29 bits per heavy atom. The Morgan fingerprint density at radius 1 is 0.542 bits per heavy atom. The van der Waals surface area contributed by atoms with Crippen molar-refractivity contribution in [2.75, 3.05) is 6.61 Å². The van der Waals surface area contributed by atoms with Crippen LogP contribution in [-0.4, -0.2) is 60.3 Å². The Hall–Kier alpha value is -4.93. The van der Waals surface area contributed by atoms with Crippen molar-refractivity contribution >= 4 is 36.5 Å². The zero-order chi connectivity index (χ0) is 34.4. The lowest BCUT2D eigenvalue weighted by atomic mass is 9.98. The summed E-state index contributed by atoms with van der Waals surface area (Å²) in [7, 11) is 0. The molecule has 0 bridgehead atoms. The van der Waals surface area contributed by atoms with Crippen LogP contribution in [0.25, 0.3) is 0 Å². The van der Waals surface area contributed by atoms with Crippen LogP contribution in [0.1, 0.15) is 63.7 Å². The summed E-state index contributed by atoms with van der Waals surface area (Å²) in [6.07, 6.45) is -5.32. The van der Waals surface area contributed by atoms with Crippen molar-refractivity contribution in [3.05, 3.63) is 142 Å². The maximum atomic E-state index is 13.6. The Labute approximate surface area is 284 Å². The molecule has 1 aliphatic rings. The average Bonchev–Trinajstić information content (AvgIpc) is 3.06. The first kappa shape index (κ1) is 34.4. The van der Waals surface area contributed by atoms with Gasteiger partial charge in [-0.25, -0.2) is 19.2 Å². The molecule has 4 aromatic rings. The average molecular weight is 669 g/mol. The van der Waals surface area contributed by atoms with Gasteiger partial charge in [0.2, 0.25) is 0 Å². The fraction of sp³-hybridized carbons (Fsp3) is 0.263. The van der Waals surface area contributed by atoms with Crippen LogP contribution < -0.4 is 0 Å². The molecular formula is C38H36O9S. The van der Waals surface area contributed by atoms with Crippen LogP contribution >= 0.6 is 12.6 Å². The minimum atomic E-state index is -1.42. The molecule has 0 spiro atoms. The number of carbonyl (C=O) groups is 4. The molecule has 248 valence electrons. The first-order valence-corrected chi connectivity index (χ1v) is 15.9. The molecule has 1 saturated heterocycles. The van der Waals surface area contributed by atoms with Crippen LogP contribution in [0.15, 0.2) is 97.1 Å². The van der Waals surface area contributed by atoms with Crippen molar-refractivity contribution < 1.29 is 42.9 Å². The van der Waals surface area contributed by atoms with Crippen molar-refractivity contribution in [3.8, 4) is 0 Å². The van der Waals surface area contributed by atoms with E-state index < -0.39 is 60.3 Å². The molecule has 5 atom stereocenters. The van der Waals surface area contributed by atoms with E-state index in [1.165, 1.54) is 0 Å². The second-order valence-electron chi connectivity index (χ2n) is 11.8. The number of ether oxygens (including phenoxy) is 5. The molecule has 5 rings (SSSR count). The van der Waals surface area contributed by atoms with E-state index >= 15 is 0 Å². The van der Waals surface area contributed by atoms with Gasteiger partial charge in [-0.3, -0.25) is 0 Å². The molecule has 10 heteroatoms. The van der Waals surface area contributed by atoms with Gasteiger partial charge in [0.15, 0.2) is 18.3 Å². The van der Waals surface area contributed by atoms with Crippen LogP contribution in [-0.2, 0) is 23.7 Å². The smallest absolute Gasteiger partial charge is 0.338 e. The molecule has 9 nitrogen and oxygen atoms in total. The van der Waals surface area contributed by atoms with Crippen LogP contribution in [0, 0.1) is 27.7 Å². The van der Waals surface area contributed by atoms with E-state index in [9.17, 15) is 19.2 Å². The summed E-state index contributed by atoms with van der Waals surface area (Å²) in [6, 6.07) is 27.1. The van der Waals surface area contributed by atoms with Crippen LogP contribution in [0.5, 0.6) is 0 Å². The SMILES string of the molecule is Cc1cccc(C(=O)OC[C@H]2O[C@@H](S)[C@H](OC(=O)c3cccc(C)c3)[C@@H](OC(=O)c3cccc(C)c3)[C@@H]2OC(=O)c2cccc(C)c2)c1. The van der Waals surface area contributed by atoms with E-state index in [-0.39, 0.29) is 16.7 Å². The number of rotatable bonds is 9. The summed E-state index contributed by atoms with van der Waals surface area (Å²) < 4.78 is 29.7. The molecule has 1 heterocycles. The van der Waals surface area contributed by atoms with E-state index in [1.807, 2.05) is 52.0 Å². The summed E-state index contributed by atoms with van der Waals surface area (Å²) >= 11 is 4.58. The third-order valence-corrected chi connectivity index (χ3v) is 8.15. The van der Waals surface area contributed by atoms with Crippen LogP contribution in [0.2, 0.25) is 0 Å². The van der Waals surface area contributed by atoms with E-state index in [1.54, 1.807) is 72.8 Å². The Kier molecular flexibility index (Phi) is 11.0. The molecule has 0 aromatic heterocycles. The van der Waals surface area contributed by atoms with Crippen molar-refractivity contribution in [1.82, 2.24) is 0 Å². The summed E-state index contributed by atoms with van der Waals surface area (Å²) in [5.41, 5.74) is 3.17. The Balaban J connectivity index is 1.51. The number of aryl methyl sites for hydroxylation is 4. The fourth-order valence-corrected chi connectivity index (χ4v) is 5.72. The maximum absolute atomic E-state index is 13.6. The topological polar surface area (TPSA) is 114 Å². The van der Waals surface area contributed by atoms with Crippen molar-refractivity contribution in [1.29, 1.82) is 0 Å². The third-order valence-electron chi connectivity index (χ3n) is 7.73. The number of hydrogen-bond donors (Lipinski definition) is 1. The summed E-state index contributed by atoms with van der Waals surface area (Å²) in [5, 5.41) is 0.